The van der Waals surface area contributed by atoms with E-state index < -0.39 is 17.2 Å². The Kier molecular flexibility index (Phi) is 6.24. The lowest BCUT2D eigenvalue weighted by Gasteiger charge is -2.37. The summed E-state index contributed by atoms with van der Waals surface area (Å²) in [6, 6.07) is 7.49. The van der Waals surface area contributed by atoms with Gasteiger partial charge in [-0.25, -0.2) is 0 Å². The Labute approximate surface area is 220 Å². The smallest absolute Gasteiger partial charge is 0.337 e. The molecule has 2 fully saturated rings. The van der Waals surface area contributed by atoms with Gasteiger partial charge in [-0.1, -0.05) is 25.0 Å². The van der Waals surface area contributed by atoms with Crippen molar-refractivity contribution in [2.75, 3.05) is 31.6 Å². The van der Waals surface area contributed by atoms with E-state index in [-0.39, 0.29) is 18.4 Å². The SMILES string of the molecule is CN1C(=O)CCc2ccc(CN3CCC(CC4CC4)(C(=O)N4CCc5ncc(C(F)(F)F)cc5C4)C3)cc21. The number of carbonyl (C=O) groups is 2. The molecule has 1 aromatic carbocycles. The zero-order chi connectivity index (χ0) is 26.7. The number of anilines is 1. The summed E-state index contributed by atoms with van der Waals surface area (Å²) in [6.07, 6.45) is 2.10. The molecule has 38 heavy (non-hydrogen) atoms. The fourth-order valence-corrected chi connectivity index (χ4v) is 6.52. The van der Waals surface area contributed by atoms with Crippen molar-refractivity contribution in [2.45, 2.75) is 64.2 Å². The number of fused-ring (bicyclic) bond motifs is 2. The molecule has 0 radical (unpaired) electrons. The molecular formula is C29H33F3N4O2. The number of hydrogen-bond donors (Lipinski definition) is 0. The Morgan fingerprint density at radius 2 is 1.92 bits per heavy atom. The van der Waals surface area contributed by atoms with Crippen LogP contribution in [0.3, 0.4) is 0 Å². The Morgan fingerprint density at radius 1 is 1.11 bits per heavy atom. The van der Waals surface area contributed by atoms with Crippen molar-refractivity contribution in [1.82, 2.24) is 14.8 Å². The van der Waals surface area contributed by atoms with E-state index in [0.29, 0.717) is 49.7 Å². The summed E-state index contributed by atoms with van der Waals surface area (Å²) in [5, 5.41) is 0. The van der Waals surface area contributed by atoms with Crippen LogP contribution < -0.4 is 4.90 Å². The van der Waals surface area contributed by atoms with Gasteiger partial charge in [-0.3, -0.25) is 19.5 Å². The van der Waals surface area contributed by atoms with Gasteiger partial charge in [-0.05, 0) is 60.5 Å². The second-order valence-corrected chi connectivity index (χ2v) is 11.6. The van der Waals surface area contributed by atoms with E-state index in [1.165, 1.54) is 5.56 Å². The van der Waals surface area contributed by atoms with Crippen molar-refractivity contribution in [3.05, 3.63) is 58.4 Å². The van der Waals surface area contributed by atoms with Gasteiger partial charge >= 0.3 is 6.18 Å². The zero-order valence-electron chi connectivity index (χ0n) is 21.7. The maximum absolute atomic E-state index is 14.1. The number of halogens is 3. The minimum atomic E-state index is -4.45. The van der Waals surface area contributed by atoms with Crippen molar-refractivity contribution in [1.29, 1.82) is 0 Å². The minimum absolute atomic E-state index is 0.0748. The third-order valence-corrected chi connectivity index (χ3v) is 8.82. The number of benzene rings is 1. The van der Waals surface area contributed by atoms with Crippen molar-refractivity contribution < 1.29 is 22.8 Å². The Bertz CT molecular complexity index is 1270. The Balaban J connectivity index is 1.19. The summed E-state index contributed by atoms with van der Waals surface area (Å²) in [7, 11) is 1.82. The highest BCUT2D eigenvalue weighted by Crippen LogP contribution is 2.47. The van der Waals surface area contributed by atoms with Crippen LogP contribution >= 0.6 is 0 Å². The van der Waals surface area contributed by atoms with Crippen LogP contribution in [0.2, 0.25) is 0 Å². The summed E-state index contributed by atoms with van der Waals surface area (Å²) >= 11 is 0. The van der Waals surface area contributed by atoms with Gasteiger partial charge in [0, 0.05) is 63.6 Å². The topological polar surface area (TPSA) is 56.8 Å². The predicted molar refractivity (Wildman–Crippen MR) is 136 cm³/mol. The lowest BCUT2D eigenvalue weighted by molar-refractivity contribution is -0.143. The molecule has 4 heterocycles. The molecule has 0 N–H and O–H groups in total. The summed E-state index contributed by atoms with van der Waals surface area (Å²) < 4.78 is 39.8. The Morgan fingerprint density at radius 3 is 2.68 bits per heavy atom. The van der Waals surface area contributed by atoms with E-state index in [1.54, 1.807) is 9.80 Å². The summed E-state index contributed by atoms with van der Waals surface area (Å²) in [5.74, 6) is 0.758. The highest BCUT2D eigenvalue weighted by molar-refractivity contribution is 5.96. The number of nitrogens with zero attached hydrogens (tertiary/aromatic N) is 4. The van der Waals surface area contributed by atoms with Gasteiger partial charge in [0.15, 0.2) is 0 Å². The summed E-state index contributed by atoms with van der Waals surface area (Å²) in [6.45, 7) is 2.83. The lowest BCUT2D eigenvalue weighted by Crippen LogP contribution is -2.47. The van der Waals surface area contributed by atoms with Crippen LogP contribution in [0.25, 0.3) is 0 Å². The van der Waals surface area contributed by atoms with E-state index in [0.717, 1.165) is 62.2 Å². The second-order valence-electron chi connectivity index (χ2n) is 11.6. The second kappa shape index (κ2) is 9.36. The highest BCUT2D eigenvalue weighted by atomic mass is 19.4. The quantitative estimate of drug-likeness (QED) is 0.572. The number of rotatable bonds is 5. The molecule has 1 aromatic heterocycles. The van der Waals surface area contributed by atoms with Gasteiger partial charge in [0.25, 0.3) is 0 Å². The monoisotopic (exact) mass is 526 g/mol. The average Bonchev–Trinajstić information content (AvgIpc) is 3.62. The van der Waals surface area contributed by atoms with Gasteiger partial charge in [0.2, 0.25) is 11.8 Å². The van der Waals surface area contributed by atoms with Gasteiger partial charge < -0.3 is 9.80 Å². The normalized spacial score (nSPS) is 23.9. The largest absolute Gasteiger partial charge is 0.417 e. The first-order valence-corrected chi connectivity index (χ1v) is 13.6. The van der Waals surface area contributed by atoms with Crippen LogP contribution in [0.5, 0.6) is 0 Å². The number of likely N-dealkylation sites (tertiary alicyclic amines) is 1. The van der Waals surface area contributed by atoms with Gasteiger partial charge in [-0.2, -0.15) is 13.2 Å². The highest BCUT2D eigenvalue weighted by Gasteiger charge is 2.49. The van der Waals surface area contributed by atoms with Crippen LogP contribution in [0.1, 0.15) is 60.1 Å². The van der Waals surface area contributed by atoms with Crippen molar-refractivity contribution in [2.24, 2.45) is 11.3 Å². The van der Waals surface area contributed by atoms with Crippen molar-refractivity contribution in [3.8, 4) is 0 Å². The molecule has 3 aliphatic heterocycles. The van der Waals surface area contributed by atoms with E-state index in [2.05, 4.69) is 28.1 Å². The van der Waals surface area contributed by atoms with Gasteiger partial charge in [-0.15, -0.1) is 0 Å². The predicted octanol–water partition coefficient (Wildman–Crippen LogP) is 4.59. The standard InChI is InChI=1S/C29H33F3N4O2/c1-34-25-12-20(4-5-21(25)6-7-26(34)37)16-35-11-9-28(18-35,14-19-2-3-19)27(38)36-10-8-24-22(17-36)13-23(15-33-24)29(30,31)32/h4-5,12-13,15,19H,2-3,6-11,14,16-18H2,1H3. The van der Waals surface area contributed by atoms with Crippen LogP contribution in [-0.4, -0.2) is 53.3 Å². The van der Waals surface area contributed by atoms with E-state index in [9.17, 15) is 22.8 Å². The minimum Gasteiger partial charge on any atom is -0.337 e. The number of aromatic nitrogens is 1. The maximum Gasteiger partial charge on any atom is 0.417 e. The molecule has 1 unspecified atom stereocenters. The number of amides is 2. The molecule has 6 rings (SSSR count). The number of aryl methyl sites for hydroxylation is 1. The first kappa shape index (κ1) is 25.3. The summed E-state index contributed by atoms with van der Waals surface area (Å²) in [5.41, 5.74) is 3.17. The van der Waals surface area contributed by atoms with Crippen LogP contribution in [-0.2, 0) is 41.7 Å². The molecule has 2 aromatic rings. The first-order valence-electron chi connectivity index (χ1n) is 13.6. The van der Waals surface area contributed by atoms with Gasteiger partial charge in [0.1, 0.15) is 0 Å². The van der Waals surface area contributed by atoms with E-state index in [1.807, 2.05) is 7.05 Å². The molecule has 1 aliphatic carbocycles. The van der Waals surface area contributed by atoms with Crippen molar-refractivity contribution >= 4 is 17.5 Å². The first-order chi connectivity index (χ1) is 18.1. The van der Waals surface area contributed by atoms with Crippen LogP contribution in [0.4, 0.5) is 18.9 Å². The molecule has 202 valence electrons. The van der Waals surface area contributed by atoms with Gasteiger partial charge in [0.05, 0.1) is 11.0 Å². The number of hydrogen-bond acceptors (Lipinski definition) is 4. The number of pyridine rings is 1. The average molecular weight is 527 g/mol. The fraction of sp³-hybridized carbons (Fsp3) is 0.552. The number of alkyl halides is 3. The molecule has 1 saturated carbocycles. The molecule has 4 aliphatic rings. The maximum atomic E-state index is 14.1. The Hall–Kier alpha value is -2.94. The molecule has 9 heteroatoms. The zero-order valence-corrected chi connectivity index (χ0v) is 21.7. The third kappa shape index (κ3) is 4.81. The molecule has 6 nitrogen and oxygen atoms in total. The molecule has 1 saturated heterocycles. The molecule has 0 spiro atoms. The summed E-state index contributed by atoms with van der Waals surface area (Å²) in [4.78, 5) is 36.1. The number of carbonyl (C=O) groups excluding carboxylic acids is 2. The van der Waals surface area contributed by atoms with E-state index in [4.69, 9.17) is 0 Å². The lowest BCUT2D eigenvalue weighted by atomic mass is 9.79. The molecule has 0 bridgehead atoms. The third-order valence-electron chi connectivity index (χ3n) is 8.82. The van der Waals surface area contributed by atoms with Crippen LogP contribution in [0, 0.1) is 11.3 Å². The van der Waals surface area contributed by atoms with Crippen molar-refractivity contribution in [3.63, 3.8) is 0 Å². The molecule has 2 amide bonds. The molecular weight excluding hydrogens is 493 g/mol. The fourth-order valence-electron chi connectivity index (χ4n) is 6.52. The molecule has 1 atom stereocenters. The van der Waals surface area contributed by atoms with Crippen LogP contribution in [0.15, 0.2) is 30.5 Å². The van der Waals surface area contributed by atoms with E-state index >= 15 is 0 Å².